The SMILES string of the molecule is Cc1ccc(C#N)c(NCC2CCC(=O)N2)n1. The molecule has 2 rings (SSSR count). The Hall–Kier alpha value is -2.09. The lowest BCUT2D eigenvalue weighted by Gasteiger charge is -2.12. The zero-order chi connectivity index (χ0) is 12.3. The van der Waals surface area contributed by atoms with E-state index in [4.69, 9.17) is 5.26 Å². The van der Waals surface area contributed by atoms with E-state index in [-0.39, 0.29) is 11.9 Å². The van der Waals surface area contributed by atoms with Gasteiger partial charge in [0.25, 0.3) is 0 Å². The first-order valence-electron chi connectivity index (χ1n) is 5.60. The normalized spacial score (nSPS) is 18.6. The van der Waals surface area contributed by atoms with Crippen LogP contribution in [0, 0.1) is 18.3 Å². The van der Waals surface area contributed by atoms with Crippen LogP contribution in [0.25, 0.3) is 0 Å². The van der Waals surface area contributed by atoms with Crippen LogP contribution in [0.15, 0.2) is 12.1 Å². The Labute approximate surface area is 99.9 Å². The summed E-state index contributed by atoms with van der Waals surface area (Å²) in [5, 5.41) is 14.9. The number of pyridine rings is 1. The fourth-order valence-corrected chi connectivity index (χ4v) is 1.83. The molecule has 1 atom stereocenters. The molecule has 1 fully saturated rings. The van der Waals surface area contributed by atoms with Gasteiger partial charge in [0, 0.05) is 24.7 Å². The summed E-state index contributed by atoms with van der Waals surface area (Å²) in [6.07, 6.45) is 1.41. The van der Waals surface area contributed by atoms with Gasteiger partial charge in [0.05, 0.1) is 5.56 Å². The van der Waals surface area contributed by atoms with Crippen LogP contribution in [0.2, 0.25) is 0 Å². The van der Waals surface area contributed by atoms with E-state index in [2.05, 4.69) is 21.7 Å². The molecule has 1 aliphatic heterocycles. The molecule has 0 saturated carbocycles. The molecule has 17 heavy (non-hydrogen) atoms. The van der Waals surface area contributed by atoms with Crippen molar-refractivity contribution >= 4 is 11.7 Å². The van der Waals surface area contributed by atoms with Gasteiger partial charge in [-0.25, -0.2) is 4.98 Å². The second-order valence-corrected chi connectivity index (χ2v) is 4.14. The monoisotopic (exact) mass is 230 g/mol. The largest absolute Gasteiger partial charge is 0.367 e. The Kier molecular flexibility index (Phi) is 3.24. The molecule has 0 aromatic carbocycles. The maximum absolute atomic E-state index is 11.0. The molecule has 2 heterocycles. The van der Waals surface area contributed by atoms with Crippen LogP contribution in [0.3, 0.4) is 0 Å². The van der Waals surface area contributed by atoms with Gasteiger partial charge in [-0.3, -0.25) is 4.79 Å². The minimum absolute atomic E-state index is 0.0921. The molecule has 5 heteroatoms. The predicted molar refractivity (Wildman–Crippen MR) is 63.3 cm³/mol. The molecular formula is C12H14N4O. The van der Waals surface area contributed by atoms with Gasteiger partial charge >= 0.3 is 0 Å². The molecule has 0 spiro atoms. The van der Waals surface area contributed by atoms with Crippen molar-refractivity contribution < 1.29 is 4.79 Å². The summed E-state index contributed by atoms with van der Waals surface area (Å²) in [4.78, 5) is 15.3. The third kappa shape index (κ3) is 2.72. The molecule has 1 unspecified atom stereocenters. The number of hydrogen-bond donors (Lipinski definition) is 2. The van der Waals surface area contributed by atoms with Crippen molar-refractivity contribution in [2.45, 2.75) is 25.8 Å². The third-order valence-electron chi connectivity index (χ3n) is 2.76. The Morgan fingerprint density at radius 1 is 1.65 bits per heavy atom. The summed E-state index contributed by atoms with van der Waals surface area (Å²) >= 11 is 0. The predicted octanol–water partition coefficient (Wildman–Crippen LogP) is 0.952. The molecule has 1 aromatic rings. The average Bonchev–Trinajstić information content (AvgIpc) is 2.73. The molecule has 1 aromatic heterocycles. The molecule has 1 aliphatic rings. The number of carbonyl (C=O) groups is 1. The van der Waals surface area contributed by atoms with Crippen molar-refractivity contribution in [2.75, 3.05) is 11.9 Å². The van der Waals surface area contributed by atoms with E-state index < -0.39 is 0 Å². The van der Waals surface area contributed by atoms with Crippen molar-refractivity contribution in [1.29, 1.82) is 5.26 Å². The summed E-state index contributed by atoms with van der Waals surface area (Å²) < 4.78 is 0. The first kappa shape index (κ1) is 11.4. The third-order valence-corrected chi connectivity index (χ3v) is 2.76. The lowest BCUT2D eigenvalue weighted by atomic mass is 10.2. The highest BCUT2D eigenvalue weighted by Crippen LogP contribution is 2.13. The van der Waals surface area contributed by atoms with E-state index in [0.717, 1.165) is 12.1 Å². The lowest BCUT2D eigenvalue weighted by molar-refractivity contribution is -0.119. The number of rotatable bonds is 3. The molecule has 2 N–H and O–H groups in total. The summed E-state index contributed by atoms with van der Waals surface area (Å²) in [5.74, 6) is 0.683. The summed E-state index contributed by atoms with van der Waals surface area (Å²) in [7, 11) is 0. The molecule has 0 bridgehead atoms. The number of carbonyl (C=O) groups excluding carboxylic acids is 1. The molecule has 1 saturated heterocycles. The van der Waals surface area contributed by atoms with Crippen molar-refractivity contribution in [1.82, 2.24) is 10.3 Å². The first-order chi connectivity index (χ1) is 8.19. The van der Waals surface area contributed by atoms with Crippen molar-refractivity contribution in [3.8, 4) is 6.07 Å². The van der Waals surface area contributed by atoms with Gasteiger partial charge in [0.1, 0.15) is 11.9 Å². The van der Waals surface area contributed by atoms with E-state index in [1.807, 2.05) is 6.92 Å². The van der Waals surface area contributed by atoms with E-state index in [1.165, 1.54) is 0 Å². The first-order valence-corrected chi connectivity index (χ1v) is 5.60. The number of amides is 1. The number of nitriles is 1. The highest BCUT2D eigenvalue weighted by molar-refractivity contribution is 5.78. The van der Waals surface area contributed by atoms with Gasteiger partial charge in [0.2, 0.25) is 5.91 Å². The zero-order valence-electron chi connectivity index (χ0n) is 9.66. The van der Waals surface area contributed by atoms with Gasteiger partial charge in [-0.2, -0.15) is 5.26 Å². The Morgan fingerprint density at radius 2 is 2.47 bits per heavy atom. The Morgan fingerprint density at radius 3 is 3.12 bits per heavy atom. The number of anilines is 1. The van der Waals surface area contributed by atoms with E-state index >= 15 is 0 Å². The molecule has 88 valence electrons. The second-order valence-electron chi connectivity index (χ2n) is 4.14. The van der Waals surface area contributed by atoms with Gasteiger partial charge in [-0.15, -0.1) is 0 Å². The molecular weight excluding hydrogens is 216 g/mol. The molecule has 5 nitrogen and oxygen atoms in total. The highest BCUT2D eigenvalue weighted by Gasteiger charge is 2.20. The Bertz CT molecular complexity index is 478. The number of hydrogen-bond acceptors (Lipinski definition) is 4. The smallest absolute Gasteiger partial charge is 0.220 e. The van der Waals surface area contributed by atoms with E-state index in [9.17, 15) is 4.79 Å². The summed E-state index contributed by atoms with van der Waals surface area (Å²) in [5.41, 5.74) is 1.39. The maximum Gasteiger partial charge on any atom is 0.220 e. The number of aryl methyl sites for hydroxylation is 1. The Balaban J connectivity index is 2.01. The van der Waals surface area contributed by atoms with Gasteiger partial charge in [-0.1, -0.05) is 0 Å². The topological polar surface area (TPSA) is 77.8 Å². The van der Waals surface area contributed by atoms with Crippen molar-refractivity contribution in [3.05, 3.63) is 23.4 Å². The fourth-order valence-electron chi connectivity index (χ4n) is 1.83. The van der Waals surface area contributed by atoms with Crippen molar-refractivity contribution in [2.24, 2.45) is 0 Å². The van der Waals surface area contributed by atoms with Crippen LogP contribution in [-0.4, -0.2) is 23.5 Å². The summed E-state index contributed by atoms with van der Waals surface area (Å²) in [6.45, 7) is 2.49. The van der Waals surface area contributed by atoms with Crippen LogP contribution >= 0.6 is 0 Å². The number of aromatic nitrogens is 1. The molecule has 1 amide bonds. The van der Waals surface area contributed by atoms with Crippen LogP contribution in [0.4, 0.5) is 5.82 Å². The van der Waals surface area contributed by atoms with Gasteiger partial charge < -0.3 is 10.6 Å². The van der Waals surface area contributed by atoms with Crippen molar-refractivity contribution in [3.63, 3.8) is 0 Å². The lowest BCUT2D eigenvalue weighted by Crippen LogP contribution is -2.32. The highest BCUT2D eigenvalue weighted by atomic mass is 16.1. The molecule has 0 aliphatic carbocycles. The van der Waals surface area contributed by atoms with E-state index in [1.54, 1.807) is 12.1 Å². The minimum Gasteiger partial charge on any atom is -0.367 e. The van der Waals surface area contributed by atoms with Crippen LogP contribution in [-0.2, 0) is 4.79 Å². The average molecular weight is 230 g/mol. The number of nitrogens with zero attached hydrogens (tertiary/aromatic N) is 2. The standard InChI is InChI=1S/C12H14N4O/c1-8-2-3-9(6-13)12(15-8)14-7-10-4-5-11(17)16-10/h2-3,10H,4-5,7H2,1H3,(H,14,15)(H,16,17). The second kappa shape index (κ2) is 4.83. The van der Waals surface area contributed by atoms with Crippen LogP contribution in [0.5, 0.6) is 0 Å². The van der Waals surface area contributed by atoms with Gasteiger partial charge in [-0.05, 0) is 25.5 Å². The fraction of sp³-hybridized carbons (Fsp3) is 0.417. The number of nitrogens with one attached hydrogen (secondary N) is 2. The van der Waals surface area contributed by atoms with Gasteiger partial charge in [0.15, 0.2) is 0 Å². The van der Waals surface area contributed by atoms with Crippen LogP contribution in [0.1, 0.15) is 24.1 Å². The maximum atomic E-state index is 11.0. The molecule has 0 radical (unpaired) electrons. The zero-order valence-corrected chi connectivity index (χ0v) is 9.66. The quantitative estimate of drug-likeness (QED) is 0.810. The minimum atomic E-state index is 0.0921. The van der Waals surface area contributed by atoms with Crippen LogP contribution < -0.4 is 10.6 Å². The van der Waals surface area contributed by atoms with E-state index in [0.29, 0.717) is 24.3 Å². The summed E-state index contributed by atoms with van der Waals surface area (Å²) in [6, 6.07) is 5.78.